The third-order valence-corrected chi connectivity index (χ3v) is 5.43. The van der Waals surface area contributed by atoms with Crippen LogP contribution in [0.25, 0.3) is 0 Å². The number of halogens is 21. The number of allylic oxidation sites excluding steroid dienone is 1. The summed E-state index contributed by atoms with van der Waals surface area (Å²) >= 11 is 4.08. The Balaban J connectivity index is -0.000000791. The number of carbonyl (C=O) groups excluding carboxylic acids is 2. The highest BCUT2D eigenvalue weighted by Crippen LogP contribution is 2.50. The molecule has 0 spiro atoms. The molecule has 304 valence electrons. The van der Waals surface area contributed by atoms with Crippen molar-refractivity contribution < 1.29 is 121 Å². The van der Waals surface area contributed by atoms with E-state index in [1.807, 2.05) is 0 Å². The van der Waals surface area contributed by atoms with Gasteiger partial charge in [-0.3, -0.25) is 14.3 Å². The van der Waals surface area contributed by atoms with Crippen molar-refractivity contribution in [2.45, 2.75) is 74.3 Å². The Labute approximate surface area is 280 Å². The Kier molecular flexibility index (Phi) is 20.5. The smallest absolute Gasteiger partial charge is 0.460 e. The fourth-order valence-electron chi connectivity index (χ4n) is 1.62. The first-order valence-corrected chi connectivity index (χ1v) is 13.3. The summed E-state index contributed by atoms with van der Waals surface area (Å²) in [4.78, 5) is 20.6. The van der Waals surface area contributed by atoms with E-state index in [0.29, 0.717) is 5.57 Å². The number of thioether (sulfide) groups is 1. The Morgan fingerprint density at radius 3 is 1.33 bits per heavy atom. The molecule has 0 aromatic heterocycles. The molecule has 0 aromatic carbocycles. The molecule has 7 nitrogen and oxygen atoms in total. The van der Waals surface area contributed by atoms with Crippen LogP contribution in [0.15, 0.2) is 24.3 Å². The topological polar surface area (TPSA) is 91.3 Å². The standard InChI is InChI=1S/C11H10F10O4.C7H6F10O2S.C4H5ClO/c1-5(2)6(22)23-3-4-24-8(13,14)7(12)25-11(20,21)9(15,16)10(17,18)19;8-3(4(9,10)20-2-1-18)19-7(16,17)5(11,12)6(13,14)15;1-3(2)4(5)6/h7H,1,3-4H2,2H3;3,18H,1-2H2;1H2,2H3. The number of rotatable bonds is 17. The van der Waals surface area contributed by atoms with Gasteiger partial charge in [0.25, 0.3) is 12.7 Å². The van der Waals surface area contributed by atoms with Crippen molar-refractivity contribution in [1.29, 1.82) is 0 Å². The van der Waals surface area contributed by atoms with Gasteiger partial charge in [0, 0.05) is 16.9 Å². The van der Waals surface area contributed by atoms with E-state index in [9.17, 15) is 97.4 Å². The lowest BCUT2D eigenvalue weighted by atomic mass is 10.3. The first kappa shape index (κ1) is 53.1. The molecule has 2 unspecified atom stereocenters. The highest BCUT2D eigenvalue weighted by Gasteiger charge is 2.77. The molecule has 0 rings (SSSR count). The summed E-state index contributed by atoms with van der Waals surface area (Å²) in [5.74, 6) is -15.8. The van der Waals surface area contributed by atoms with Gasteiger partial charge in [-0.15, -0.1) is 0 Å². The second-order valence-electron chi connectivity index (χ2n) is 8.56. The number of esters is 1. The Hall–Kier alpha value is -2.30. The molecule has 2 atom stereocenters. The van der Waals surface area contributed by atoms with Crippen LogP contribution in [0.2, 0.25) is 0 Å². The molecule has 0 aliphatic carbocycles. The minimum absolute atomic E-state index is 0.160. The summed E-state index contributed by atoms with van der Waals surface area (Å²) in [7, 11) is 0. The molecule has 29 heteroatoms. The summed E-state index contributed by atoms with van der Waals surface area (Å²) in [6, 6.07) is 0. The zero-order valence-electron chi connectivity index (χ0n) is 24.6. The highest BCUT2D eigenvalue weighted by molar-refractivity contribution is 8.00. The third kappa shape index (κ3) is 16.9. The molecule has 0 amide bonds. The number of hydrogen-bond acceptors (Lipinski definition) is 8. The zero-order valence-corrected chi connectivity index (χ0v) is 26.2. The lowest BCUT2D eigenvalue weighted by molar-refractivity contribution is -0.465. The number of aliphatic hydroxyl groups is 1. The molecule has 0 saturated carbocycles. The van der Waals surface area contributed by atoms with E-state index in [4.69, 9.17) is 16.7 Å². The second-order valence-corrected chi connectivity index (χ2v) is 10.1. The minimum Gasteiger partial charge on any atom is -0.460 e. The summed E-state index contributed by atoms with van der Waals surface area (Å²) in [6.45, 7) is 5.89. The first-order valence-electron chi connectivity index (χ1n) is 11.9. The van der Waals surface area contributed by atoms with E-state index in [-0.39, 0.29) is 5.57 Å². The minimum atomic E-state index is -6.95. The summed E-state index contributed by atoms with van der Waals surface area (Å²) in [6.07, 6.45) is -41.4. The van der Waals surface area contributed by atoms with Crippen LogP contribution in [0.5, 0.6) is 0 Å². The second kappa shape index (κ2) is 19.7. The monoisotopic (exact) mass is 844 g/mol. The maximum atomic E-state index is 13.0. The van der Waals surface area contributed by atoms with E-state index < -0.39 is 109 Å². The van der Waals surface area contributed by atoms with Crippen LogP contribution in [0.3, 0.4) is 0 Å². The fourth-order valence-corrected chi connectivity index (χ4v) is 2.17. The van der Waals surface area contributed by atoms with Gasteiger partial charge in [-0.1, -0.05) is 24.9 Å². The van der Waals surface area contributed by atoms with E-state index in [1.54, 1.807) is 6.92 Å². The lowest BCUT2D eigenvalue weighted by Gasteiger charge is -2.30. The van der Waals surface area contributed by atoms with Crippen molar-refractivity contribution in [3.63, 3.8) is 0 Å². The van der Waals surface area contributed by atoms with Crippen molar-refractivity contribution in [1.82, 2.24) is 0 Å². The van der Waals surface area contributed by atoms with Crippen LogP contribution < -0.4 is 0 Å². The molecular formula is C22H21ClF20O7S. The molecule has 51 heavy (non-hydrogen) atoms. The molecule has 0 bridgehead atoms. The van der Waals surface area contributed by atoms with E-state index in [0.717, 1.165) is 0 Å². The van der Waals surface area contributed by atoms with Crippen LogP contribution in [-0.4, -0.2) is 102 Å². The van der Waals surface area contributed by atoms with Gasteiger partial charge in [-0.25, -0.2) is 13.6 Å². The first-order chi connectivity index (χ1) is 22.3. The molecular weight excluding hydrogens is 824 g/mol. The van der Waals surface area contributed by atoms with Crippen molar-refractivity contribution in [2.75, 3.05) is 25.6 Å². The maximum Gasteiger partial charge on any atom is 0.462 e. The Morgan fingerprint density at radius 1 is 0.686 bits per heavy atom. The van der Waals surface area contributed by atoms with E-state index >= 15 is 0 Å². The summed E-state index contributed by atoms with van der Waals surface area (Å²) < 4.78 is 259. The van der Waals surface area contributed by atoms with Crippen molar-refractivity contribution >= 4 is 34.6 Å². The normalized spacial score (nSPS) is 14.7. The van der Waals surface area contributed by atoms with Gasteiger partial charge in [-0.2, -0.15) is 79.0 Å². The molecule has 0 radical (unpaired) electrons. The SMILES string of the molecule is C=C(C)C(=O)Cl.C=C(C)C(=O)OCCOC(F)(F)C(F)OC(F)(F)C(F)(F)C(F)(F)F.OCCSC(F)(F)C(F)OC(F)(F)C(F)(F)C(F)(F)F. The maximum absolute atomic E-state index is 13.0. The van der Waals surface area contributed by atoms with Crippen molar-refractivity contribution in [2.24, 2.45) is 0 Å². The third-order valence-electron chi connectivity index (χ3n) is 4.16. The molecule has 0 heterocycles. The van der Waals surface area contributed by atoms with Gasteiger partial charge in [0.1, 0.15) is 6.61 Å². The number of aliphatic hydroxyl groups excluding tert-OH is 1. The number of carbonyl (C=O) groups is 2. The average molecular weight is 845 g/mol. The Bertz CT molecular complexity index is 1140. The molecule has 0 aliphatic rings. The number of hydrogen-bond donors (Lipinski definition) is 1. The van der Waals surface area contributed by atoms with Crippen LogP contribution in [0.4, 0.5) is 87.8 Å². The quantitative estimate of drug-likeness (QED) is 0.0513. The lowest BCUT2D eigenvalue weighted by Crippen LogP contribution is -2.56. The van der Waals surface area contributed by atoms with Crippen LogP contribution in [0.1, 0.15) is 13.8 Å². The average Bonchev–Trinajstić information content (AvgIpc) is 2.92. The van der Waals surface area contributed by atoms with Crippen molar-refractivity contribution in [3.8, 4) is 0 Å². The van der Waals surface area contributed by atoms with E-state index in [1.165, 1.54) is 6.92 Å². The zero-order chi connectivity index (χ0) is 41.8. The Morgan fingerprint density at radius 2 is 1.04 bits per heavy atom. The predicted molar refractivity (Wildman–Crippen MR) is 131 cm³/mol. The van der Waals surface area contributed by atoms with Crippen LogP contribution in [-0.2, 0) is 28.5 Å². The highest BCUT2D eigenvalue weighted by atomic mass is 35.5. The summed E-state index contributed by atoms with van der Waals surface area (Å²) in [5, 5.41) is 2.83. The van der Waals surface area contributed by atoms with E-state index in [2.05, 4.69) is 32.1 Å². The van der Waals surface area contributed by atoms with Crippen LogP contribution >= 0.6 is 23.4 Å². The molecule has 0 saturated heterocycles. The molecule has 0 fully saturated rings. The van der Waals surface area contributed by atoms with Gasteiger partial charge in [0.2, 0.25) is 5.24 Å². The van der Waals surface area contributed by atoms with Gasteiger partial charge in [0.15, 0.2) is 0 Å². The van der Waals surface area contributed by atoms with Crippen LogP contribution in [0, 0.1) is 0 Å². The molecule has 0 aromatic rings. The largest absolute Gasteiger partial charge is 0.462 e. The number of ether oxygens (including phenoxy) is 4. The van der Waals surface area contributed by atoms with Gasteiger partial charge >= 0.3 is 53.7 Å². The van der Waals surface area contributed by atoms with Gasteiger partial charge in [-0.05, 0) is 25.4 Å². The molecule has 0 aliphatic heterocycles. The fraction of sp³-hybridized carbons (Fsp3) is 0.727. The molecule has 1 N–H and O–H groups in total. The number of alkyl halides is 20. The van der Waals surface area contributed by atoms with Crippen molar-refractivity contribution in [3.05, 3.63) is 24.3 Å². The van der Waals surface area contributed by atoms with Gasteiger partial charge < -0.3 is 14.6 Å². The predicted octanol–water partition coefficient (Wildman–Crippen LogP) is 8.55. The van der Waals surface area contributed by atoms with Gasteiger partial charge in [0.05, 0.1) is 13.2 Å². The summed E-state index contributed by atoms with van der Waals surface area (Å²) in [5.41, 5.74) is 0.226.